The average molecular weight is 327 g/mol. The highest BCUT2D eigenvalue weighted by Gasteiger charge is 2.07. The Morgan fingerprint density at radius 2 is 2.11 bits per heavy atom. The van der Waals surface area contributed by atoms with E-state index in [1.807, 2.05) is 0 Å². The number of hydrogen-bond acceptors (Lipinski definition) is 3. The van der Waals surface area contributed by atoms with Crippen LogP contribution >= 0.6 is 27.5 Å². The van der Waals surface area contributed by atoms with E-state index >= 15 is 0 Å². The number of benzene rings is 1. The first-order valence-corrected chi connectivity index (χ1v) is 6.21. The van der Waals surface area contributed by atoms with E-state index in [2.05, 4.69) is 26.2 Å². The number of halogens is 2. The minimum absolute atomic E-state index is 0.252. The number of rotatable bonds is 2. The molecule has 0 radical (unpaired) electrons. The molecule has 0 aliphatic rings. The zero-order valence-corrected chi connectivity index (χ0v) is 11.5. The predicted molar refractivity (Wildman–Crippen MR) is 75.8 cm³/mol. The van der Waals surface area contributed by atoms with Crippen molar-refractivity contribution in [3.05, 3.63) is 51.6 Å². The van der Waals surface area contributed by atoms with Crippen LogP contribution in [0.4, 0.5) is 11.5 Å². The first kappa shape index (κ1) is 12.9. The second kappa shape index (κ2) is 5.37. The lowest BCUT2D eigenvalue weighted by atomic mass is 10.2. The van der Waals surface area contributed by atoms with Crippen LogP contribution < -0.4 is 11.1 Å². The van der Waals surface area contributed by atoms with E-state index in [9.17, 15) is 4.79 Å². The van der Waals surface area contributed by atoms with Gasteiger partial charge in [-0.15, -0.1) is 0 Å². The van der Waals surface area contributed by atoms with Gasteiger partial charge in [0.1, 0.15) is 5.82 Å². The Labute approximate surface area is 117 Å². The molecule has 6 heteroatoms. The molecular weight excluding hydrogens is 318 g/mol. The van der Waals surface area contributed by atoms with E-state index in [1.165, 1.54) is 12.3 Å². The maximum atomic E-state index is 11.9. The predicted octanol–water partition coefficient (Wildman–Crippen LogP) is 3.33. The van der Waals surface area contributed by atoms with Crippen molar-refractivity contribution in [2.75, 3.05) is 11.1 Å². The van der Waals surface area contributed by atoms with Crippen LogP contribution in [-0.2, 0) is 0 Å². The molecule has 0 saturated carbocycles. The van der Waals surface area contributed by atoms with Crippen molar-refractivity contribution in [2.24, 2.45) is 0 Å². The highest BCUT2D eigenvalue weighted by Crippen LogP contribution is 2.25. The van der Waals surface area contributed by atoms with Crippen LogP contribution in [0.5, 0.6) is 0 Å². The normalized spacial score (nSPS) is 10.1. The van der Waals surface area contributed by atoms with Crippen molar-refractivity contribution >= 4 is 44.9 Å². The summed E-state index contributed by atoms with van der Waals surface area (Å²) in [6.07, 6.45) is 1.49. The van der Waals surface area contributed by atoms with Gasteiger partial charge in [-0.3, -0.25) is 4.79 Å². The Hall–Kier alpha value is -1.59. The highest BCUT2D eigenvalue weighted by atomic mass is 79.9. The Morgan fingerprint density at radius 3 is 2.78 bits per heavy atom. The fourth-order valence-corrected chi connectivity index (χ4v) is 1.86. The Balaban J connectivity index is 2.18. The van der Waals surface area contributed by atoms with E-state index in [0.717, 1.165) is 4.47 Å². The van der Waals surface area contributed by atoms with Crippen molar-refractivity contribution < 1.29 is 4.79 Å². The molecule has 0 aliphatic heterocycles. The molecule has 2 rings (SSSR count). The van der Waals surface area contributed by atoms with Gasteiger partial charge in [-0.25, -0.2) is 4.98 Å². The van der Waals surface area contributed by atoms with Gasteiger partial charge in [0.2, 0.25) is 0 Å². The molecule has 1 amide bonds. The molecule has 2 aromatic rings. The van der Waals surface area contributed by atoms with Crippen molar-refractivity contribution in [1.82, 2.24) is 4.98 Å². The SMILES string of the molecule is Nc1cc(C(=O)Nc2ccc(Cl)c(Br)c2)ccn1. The quantitative estimate of drug-likeness (QED) is 0.889. The van der Waals surface area contributed by atoms with E-state index in [4.69, 9.17) is 17.3 Å². The molecule has 92 valence electrons. The van der Waals surface area contributed by atoms with E-state index in [1.54, 1.807) is 24.3 Å². The summed E-state index contributed by atoms with van der Waals surface area (Å²) in [5, 5.41) is 3.33. The number of pyridine rings is 1. The minimum Gasteiger partial charge on any atom is -0.384 e. The lowest BCUT2D eigenvalue weighted by Crippen LogP contribution is -2.12. The van der Waals surface area contributed by atoms with Gasteiger partial charge in [-0.2, -0.15) is 0 Å². The van der Waals surface area contributed by atoms with Gasteiger partial charge in [0.05, 0.1) is 5.02 Å². The number of nitrogens with two attached hydrogens (primary N) is 1. The number of nitrogens with zero attached hydrogens (tertiary/aromatic N) is 1. The third-order valence-electron chi connectivity index (χ3n) is 2.22. The Kier molecular flexibility index (Phi) is 3.84. The molecule has 0 saturated heterocycles. The molecule has 0 fully saturated rings. The summed E-state index contributed by atoms with van der Waals surface area (Å²) in [7, 11) is 0. The van der Waals surface area contributed by atoms with Crippen molar-refractivity contribution in [3.8, 4) is 0 Å². The van der Waals surface area contributed by atoms with Crippen LogP contribution in [0, 0.1) is 0 Å². The zero-order valence-electron chi connectivity index (χ0n) is 9.15. The van der Waals surface area contributed by atoms with Crippen LogP contribution in [0.1, 0.15) is 10.4 Å². The molecule has 18 heavy (non-hydrogen) atoms. The van der Waals surface area contributed by atoms with Crippen molar-refractivity contribution in [1.29, 1.82) is 0 Å². The lowest BCUT2D eigenvalue weighted by Gasteiger charge is -2.06. The number of nitrogens with one attached hydrogen (secondary N) is 1. The molecule has 0 unspecified atom stereocenters. The van der Waals surface area contributed by atoms with Gasteiger partial charge in [0.15, 0.2) is 0 Å². The van der Waals surface area contributed by atoms with Gasteiger partial charge in [-0.05, 0) is 46.3 Å². The van der Waals surface area contributed by atoms with Gasteiger partial charge in [-0.1, -0.05) is 11.6 Å². The molecule has 0 aliphatic carbocycles. The molecule has 0 bridgehead atoms. The average Bonchev–Trinajstić information content (AvgIpc) is 2.34. The molecular formula is C12H9BrClN3O. The van der Waals surface area contributed by atoms with Gasteiger partial charge in [0.25, 0.3) is 5.91 Å². The van der Waals surface area contributed by atoms with Gasteiger partial charge >= 0.3 is 0 Å². The Morgan fingerprint density at radius 1 is 1.33 bits per heavy atom. The standard InChI is InChI=1S/C12H9BrClN3O/c13-9-6-8(1-2-10(9)14)17-12(18)7-3-4-16-11(15)5-7/h1-6H,(H2,15,16)(H,17,18). The van der Waals surface area contributed by atoms with Crippen LogP contribution in [0.25, 0.3) is 0 Å². The number of carbonyl (C=O) groups excluding carboxylic acids is 1. The smallest absolute Gasteiger partial charge is 0.255 e. The molecule has 4 nitrogen and oxygen atoms in total. The van der Waals surface area contributed by atoms with Crippen LogP contribution in [0.15, 0.2) is 41.0 Å². The van der Waals surface area contributed by atoms with Crippen molar-refractivity contribution in [3.63, 3.8) is 0 Å². The first-order chi connectivity index (χ1) is 8.56. The summed E-state index contributed by atoms with van der Waals surface area (Å²) < 4.78 is 0.719. The molecule has 0 atom stereocenters. The highest BCUT2D eigenvalue weighted by molar-refractivity contribution is 9.10. The maximum Gasteiger partial charge on any atom is 0.255 e. The number of anilines is 2. The summed E-state index contributed by atoms with van der Waals surface area (Å²) in [5.41, 5.74) is 6.62. The van der Waals surface area contributed by atoms with E-state index in [-0.39, 0.29) is 5.91 Å². The number of nitrogen functional groups attached to an aromatic ring is 1. The third-order valence-corrected chi connectivity index (χ3v) is 3.43. The monoisotopic (exact) mass is 325 g/mol. The lowest BCUT2D eigenvalue weighted by molar-refractivity contribution is 0.102. The largest absolute Gasteiger partial charge is 0.384 e. The van der Waals surface area contributed by atoms with Crippen LogP contribution in [0.2, 0.25) is 5.02 Å². The molecule has 1 aromatic heterocycles. The summed E-state index contributed by atoms with van der Waals surface area (Å²) >= 11 is 9.16. The molecule has 1 aromatic carbocycles. The Bertz CT molecular complexity index is 604. The van der Waals surface area contributed by atoms with E-state index in [0.29, 0.717) is 22.1 Å². The summed E-state index contributed by atoms with van der Waals surface area (Å²) in [5.74, 6) is 0.0539. The van der Waals surface area contributed by atoms with Gasteiger partial charge in [0, 0.05) is 21.9 Å². The number of amides is 1. The molecule has 0 spiro atoms. The molecule has 3 N–H and O–H groups in total. The fourth-order valence-electron chi connectivity index (χ4n) is 1.37. The second-order valence-electron chi connectivity index (χ2n) is 3.55. The topological polar surface area (TPSA) is 68.0 Å². The van der Waals surface area contributed by atoms with Crippen LogP contribution in [-0.4, -0.2) is 10.9 Å². The molecule has 1 heterocycles. The number of carbonyl (C=O) groups is 1. The summed E-state index contributed by atoms with van der Waals surface area (Å²) in [6, 6.07) is 8.25. The second-order valence-corrected chi connectivity index (χ2v) is 4.81. The summed E-state index contributed by atoms with van der Waals surface area (Å²) in [6.45, 7) is 0. The fraction of sp³-hybridized carbons (Fsp3) is 0. The van der Waals surface area contributed by atoms with Crippen molar-refractivity contribution in [2.45, 2.75) is 0 Å². The minimum atomic E-state index is -0.252. The summed E-state index contributed by atoms with van der Waals surface area (Å²) in [4.78, 5) is 15.7. The van der Waals surface area contributed by atoms with E-state index < -0.39 is 0 Å². The van der Waals surface area contributed by atoms with Gasteiger partial charge < -0.3 is 11.1 Å². The van der Waals surface area contributed by atoms with Crippen LogP contribution in [0.3, 0.4) is 0 Å². The zero-order chi connectivity index (χ0) is 13.1. The number of aromatic nitrogens is 1. The first-order valence-electron chi connectivity index (χ1n) is 5.04. The maximum absolute atomic E-state index is 11.9. The third kappa shape index (κ3) is 3.00. The number of hydrogen-bond donors (Lipinski definition) is 2.